The molecule has 80 valence electrons. The Morgan fingerprint density at radius 3 is 2.60 bits per heavy atom. The number of nitrogens with one attached hydrogen (secondary N) is 1. The van der Waals surface area contributed by atoms with Crippen LogP contribution in [0.25, 0.3) is 0 Å². The van der Waals surface area contributed by atoms with Crippen LogP contribution in [0.5, 0.6) is 5.75 Å². The summed E-state index contributed by atoms with van der Waals surface area (Å²) in [6, 6.07) is 4.62. The van der Waals surface area contributed by atoms with Crippen LogP contribution in [0, 0.1) is 0 Å². The molecule has 15 heavy (non-hydrogen) atoms. The normalized spacial score (nSPS) is 9.60. The standard InChI is InChI=1S/C9H12BNO4/c1-6(12)11-7-3-4-9(15-2)8(5-7)10(13)14/h3-5,13-14H,1-2H3,(H,11,12). The van der Waals surface area contributed by atoms with Crippen molar-refractivity contribution in [2.24, 2.45) is 0 Å². The second-order valence-corrected chi connectivity index (χ2v) is 3.01. The van der Waals surface area contributed by atoms with E-state index in [1.165, 1.54) is 20.1 Å². The third-order valence-corrected chi connectivity index (χ3v) is 1.83. The maximum Gasteiger partial charge on any atom is 0.492 e. The number of rotatable bonds is 3. The van der Waals surface area contributed by atoms with E-state index in [0.717, 1.165) is 0 Å². The van der Waals surface area contributed by atoms with Gasteiger partial charge in [0.25, 0.3) is 0 Å². The fraction of sp³-hybridized carbons (Fsp3) is 0.222. The molecule has 0 atom stereocenters. The Morgan fingerprint density at radius 1 is 1.47 bits per heavy atom. The summed E-state index contributed by atoms with van der Waals surface area (Å²) in [6.45, 7) is 1.37. The van der Waals surface area contributed by atoms with Gasteiger partial charge in [-0.1, -0.05) is 0 Å². The molecule has 1 aromatic carbocycles. The Hall–Kier alpha value is -1.53. The molecule has 0 spiro atoms. The number of amides is 1. The molecule has 0 fully saturated rings. The van der Waals surface area contributed by atoms with Gasteiger partial charge in [-0.2, -0.15) is 0 Å². The van der Waals surface area contributed by atoms with Crippen molar-refractivity contribution in [3.05, 3.63) is 18.2 Å². The van der Waals surface area contributed by atoms with Crippen molar-refractivity contribution < 1.29 is 19.6 Å². The van der Waals surface area contributed by atoms with Crippen LogP contribution in [0.15, 0.2) is 18.2 Å². The largest absolute Gasteiger partial charge is 0.497 e. The van der Waals surface area contributed by atoms with E-state index in [4.69, 9.17) is 14.8 Å². The Bertz CT molecular complexity index is 367. The zero-order valence-corrected chi connectivity index (χ0v) is 8.52. The molecule has 5 nitrogen and oxygen atoms in total. The quantitative estimate of drug-likeness (QED) is 0.577. The Balaban J connectivity index is 3.04. The van der Waals surface area contributed by atoms with E-state index in [0.29, 0.717) is 11.4 Å². The maximum atomic E-state index is 10.8. The summed E-state index contributed by atoms with van der Waals surface area (Å²) >= 11 is 0. The molecule has 3 N–H and O–H groups in total. The number of hydrogen-bond donors (Lipinski definition) is 3. The lowest BCUT2D eigenvalue weighted by atomic mass is 9.79. The first-order valence-electron chi connectivity index (χ1n) is 4.36. The molecule has 0 saturated heterocycles. The van der Waals surface area contributed by atoms with Crippen LogP contribution in [-0.2, 0) is 4.79 Å². The van der Waals surface area contributed by atoms with Crippen LogP contribution in [0.2, 0.25) is 0 Å². The lowest BCUT2D eigenvalue weighted by molar-refractivity contribution is -0.114. The average molecular weight is 209 g/mol. The van der Waals surface area contributed by atoms with Crippen LogP contribution in [0.3, 0.4) is 0 Å². The molecule has 0 saturated carbocycles. The molecular formula is C9H12BNO4. The van der Waals surface area contributed by atoms with Gasteiger partial charge in [-0.05, 0) is 18.2 Å². The first-order chi connectivity index (χ1) is 7.04. The van der Waals surface area contributed by atoms with Crippen LogP contribution in [0.4, 0.5) is 5.69 Å². The van der Waals surface area contributed by atoms with Crippen LogP contribution >= 0.6 is 0 Å². The molecule has 1 amide bonds. The van der Waals surface area contributed by atoms with E-state index >= 15 is 0 Å². The van der Waals surface area contributed by atoms with Gasteiger partial charge in [-0.3, -0.25) is 4.79 Å². The van der Waals surface area contributed by atoms with Gasteiger partial charge in [-0.15, -0.1) is 0 Å². The lowest BCUT2D eigenvalue weighted by Gasteiger charge is -2.10. The van der Waals surface area contributed by atoms with Crippen LogP contribution < -0.4 is 15.5 Å². The molecule has 0 aliphatic rings. The van der Waals surface area contributed by atoms with Gasteiger partial charge in [0.05, 0.1) is 7.11 Å². The molecule has 1 aromatic rings. The zero-order chi connectivity index (χ0) is 11.4. The molecule has 0 unspecified atom stereocenters. The number of carbonyl (C=O) groups is 1. The molecule has 0 aromatic heterocycles. The zero-order valence-electron chi connectivity index (χ0n) is 8.52. The highest BCUT2D eigenvalue weighted by Crippen LogP contribution is 2.13. The molecule has 1 rings (SSSR count). The van der Waals surface area contributed by atoms with Crippen molar-refractivity contribution in [2.45, 2.75) is 6.92 Å². The van der Waals surface area contributed by atoms with Gasteiger partial charge in [0, 0.05) is 18.1 Å². The van der Waals surface area contributed by atoms with Gasteiger partial charge < -0.3 is 20.1 Å². The first-order valence-corrected chi connectivity index (χ1v) is 4.36. The molecule has 0 heterocycles. The van der Waals surface area contributed by atoms with Crippen molar-refractivity contribution in [2.75, 3.05) is 12.4 Å². The third-order valence-electron chi connectivity index (χ3n) is 1.83. The van der Waals surface area contributed by atoms with Crippen molar-refractivity contribution in [3.8, 4) is 5.75 Å². The molecule has 0 aliphatic heterocycles. The smallest absolute Gasteiger partial charge is 0.492 e. The highest BCUT2D eigenvalue weighted by molar-refractivity contribution is 6.59. The van der Waals surface area contributed by atoms with Crippen molar-refractivity contribution >= 4 is 24.2 Å². The predicted molar refractivity (Wildman–Crippen MR) is 57.1 cm³/mol. The minimum absolute atomic E-state index is 0.212. The van der Waals surface area contributed by atoms with Crippen LogP contribution in [0.1, 0.15) is 6.92 Å². The summed E-state index contributed by atoms with van der Waals surface area (Å²) in [6.07, 6.45) is 0. The van der Waals surface area contributed by atoms with Crippen molar-refractivity contribution in [1.82, 2.24) is 0 Å². The molecule has 0 bridgehead atoms. The SMILES string of the molecule is COc1ccc(NC(C)=O)cc1B(O)O. The highest BCUT2D eigenvalue weighted by atomic mass is 16.5. The fourth-order valence-electron chi connectivity index (χ4n) is 1.22. The van der Waals surface area contributed by atoms with E-state index in [1.807, 2.05) is 0 Å². The van der Waals surface area contributed by atoms with Crippen LogP contribution in [-0.4, -0.2) is 30.2 Å². The van der Waals surface area contributed by atoms with E-state index < -0.39 is 7.12 Å². The van der Waals surface area contributed by atoms with Gasteiger partial charge in [-0.25, -0.2) is 0 Å². The maximum absolute atomic E-state index is 10.8. The summed E-state index contributed by atoms with van der Waals surface area (Å²) in [7, 11) is -0.201. The summed E-state index contributed by atoms with van der Waals surface area (Å²) in [5.74, 6) is 0.137. The first kappa shape index (κ1) is 11.5. The van der Waals surface area contributed by atoms with E-state index in [-0.39, 0.29) is 11.4 Å². The van der Waals surface area contributed by atoms with E-state index in [2.05, 4.69) is 5.32 Å². The van der Waals surface area contributed by atoms with E-state index in [1.54, 1.807) is 12.1 Å². The monoisotopic (exact) mass is 209 g/mol. The van der Waals surface area contributed by atoms with Crippen molar-refractivity contribution in [3.63, 3.8) is 0 Å². The minimum atomic E-state index is -1.63. The summed E-state index contributed by atoms with van der Waals surface area (Å²) in [5.41, 5.74) is 0.704. The number of anilines is 1. The second-order valence-electron chi connectivity index (χ2n) is 3.01. The van der Waals surface area contributed by atoms with Crippen molar-refractivity contribution in [1.29, 1.82) is 0 Å². The second kappa shape index (κ2) is 4.81. The number of hydrogen-bond acceptors (Lipinski definition) is 4. The molecule has 0 aliphatic carbocycles. The average Bonchev–Trinajstić information content (AvgIpc) is 2.16. The number of carbonyl (C=O) groups excluding carboxylic acids is 1. The predicted octanol–water partition coefficient (Wildman–Crippen LogP) is -0.667. The Kier molecular flexibility index (Phi) is 3.71. The minimum Gasteiger partial charge on any atom is -0.497 e. The van der Waals surface area contributed by atoms with Gasteiger partial charge in [0.2, 0.25) is 5.91 Å². The number of benzene rings is 1. The van der Waals surface area contributed by atoms with Gasteiger partial charge in [0.1, 0.15) is 5.75 Å². The molecule has 6 heteroatoms. The highest BCUT2D eigenvalue weighted by Gasteiger charge is 2.17. The Morgan fingerprint density at radius 2 is 2.13 bits per heavy atom. The number of methoxy groups -OCH3 is 1. The summed E-state index contributed by atoms with van der Waals surface area (Å²) in [4.78, 5) is 10.8. The molecular weight excluding hydrogens is 197 g/mol. The summed E-state index contributed by atoms with van der Waals surface area (Å²) < 4.78 is 4.93. The molecule has 0 radical (unpaired) electrons. The van der Waals surface area contributed by atoms with Gasteiger partial charge in [0.15, 0.2) is 0 Å². The Labute approximate surface area is 87.8 Å². The third kappa shape index (κ3) is 2.97. The van der Waals surface area contributed by atoms with E-state index in [9.17, 15) is 4.79 Å². The number of ether oxygens (including phenoxy) is 1. The topological polar surface area (TPSA) is 78.8 Å². The fourth-order valence-corrected chi connectivity index (χ4v) is 1.22. The van der Waals surface area contributed by atoms with Gasteiger partial charge >= 0.3 is 7.12 Å². The lowest BCUT2D eigenvalue weighted by Crippen LogP contribution is -2.31. The summed E-state index contributed by atoms with van der Waals surface area (Å²) in [5, 5.41) is 20.6.